The molecule has 1 saturated heterocycles. The third kappa shape index (κ3) is 5.66. The molecule has 0 amide bonds. The van der Waals surface area contributed by atoms with Crippen LogP contribution in [0.3, 0.4) is 0 Å². The number of benzene rings is 1. The number of nitrogens with one attached hydrogen (secondary N) is 2. The lowest BCUT2D eigenvalue weighted by atomic mass is 10.1. The molecular formula is C21H33FN4O. The molecular weight excluding hydrogens is 343 g/mol. The molecule has 0 spiro atoms. The van der Waals surface area contributed by atoms with E-state index in [1.807, 2.05) is 0 Å². The van der Waals surface area contributed by atoms with Gasteiger partial charge >= 0.3 is 0 Å². The van der Waals surface area contributed by atoms with E-state index in [0.29, 0.717) is 12.6 Å². The summed E-state index contributed by atoms with van der Waals surface area (Å²) in [5.41, 5.74) is 0.937. The number of ether oxygens (including phenoxy) is 1. The van der Waals surface area contributed by atoms with Crippen LogP contribution in [0.15, 0.2) is 29.3 Å². The second-order valence-electron chi connectivity index (χ2n) is 7.56. The molecule has 0 bridgehead atoms. The molecule has 3 rings (SSSR count). The third-order valence-corrected chi connectivity index (χ3v) is 5.69. The number of nitrogens with zero attached hydrogens (tertiary/aromatic N) is 2. The van der Waals surface area contributed by atoms with Crippen molar-refractivity contribution < 1.29 is 9.13 Å². The van der Waals surface area contributed by atoms with Crippen molar-refractivity contribution in [1.29, 1.82) is 0 Å². The van der Waals surface area contributed by atoms with Gasteiger partial charge in [-0.2, -0.15) is 0 Å². The molecule has 0 aromatic heterocycles. The van der Waals surface area contributed by atoms with E-state index in [1.54, 1.807) is 19.2 Å². The summed E-state index contributed by atoms with van der Waals surface area (Å²) in [4.78, 5) is 7.37. The van der Waals surface area contributed by atoms with E-state index in [1.165, 1.54) is 44.4 Å². The third-order valence-electron chi connectivity index (χ3n) is 5.69. The Balaban J connectivity index is 1.56. The molecule has 27 heavy (non-hydrogen) atoms. The average Bonchev–Trinajstić information content (AvgIpc) is 3.35. The van der Waals surface area contributed by atoms with Gasteiger partial charge in [-0.25, -0.2) is 4.39 Å². The van der Waals surface area contributed by atoms with Crippen LogP contribution in [0.5, 0.6) is 0 Å². The van der Waals surface area contributed by atoms with Gasteiger partial charge in [-0.05, 0) is 43.9 Å². The Labute approximate surface area is 162 Å². The lowest BCUT2D eigenvalue weighted by Crippen LogP contribution is -2.45. The molecule has 2 atom stereocenters. The van der Waals surface area contributed by atoms with Gasteiger partial charge in [0.05, 0.1) is 6.54 Å². The van der Waals surface area contributed by atoms with E-state index in [2.05, 4.69) is 22.5 Å². The van der Waals surface area contributed by atoms with Gasteiger partial charge in [-0.3, -0.25) is 9.89 Å². The topological polar surface area (TPSA) is 48.9 Å². The highest BCUT2D eigenvalue weighted by Gasteiger charge is 2.30. The highest BCUT2D eigenvalue weighted by Crippen LogP contribution is 2.26. The van der Waals surface area contributed by atoms with E-state index in [0.717, 1.165) is 37.1 Å². The summed E-state index contributed by atoms with van der Waals surface area (Å²) in [6.45, 7) is 5.67. The Morgan fingerprint density at radius 1 is 1.26 bits per heavy atom. The monoisotopic (exact) mass is 376 g/mol. The van der Waals surface area contributed by atoms with Gasteiger partial charge in [0.2, 0.25) is 0 Å². The van der Waals surface area contributed by atoms with E-state index in [-0.39, 0.29) is 11.9 Å². The molecule has 2 unspecified atom stereocenters. The molecule has 1 aromatic carbocycles. The first-order valence-corrected chi connectivity index (χ1v) is 10.3. The molecule has 5 nitrogen and oxygen atoms in total. The molecule has 1 aliphatic carbocycles. The SMILES string of the molecule is CCNC(=NCC(OC)c1ccc(F)cc1)NC1CCN(C2CCCC2)C1. The van der Waals surface area contributed by atoms with Crippen LogP contribution in [0.25, 0.3) is 0 Å². The quantitative estimate of drug-likeness (QED) is 0.567. The number of guanidine groups is 1. The van der Waals surface area contributed by atoms with Gasteiger partial charge < -0.3 is 15.4 Å². The maximum atomic E-state index is 13.1. The first-order valence-electron chi connectivity index (χ1n) is 10.3. The van der Waals surface area contributed by atoms with Crippen LogP contribution < -0.4 is 10.6 Å². The molecule has 2 N–H and O–H groups in total. The van der Waals surface area contributed by atoms with Crippen LogP contribution in [0.1, 0.15) is 50.7 Å². The van der Waals surface area contributed by atoms with Gasteiger partial charge in [0, 0.05) is 38.8 Å². The Kier molecular flexibility index (Phi) is 7.47. The minimum absolute atomic E-state index is 0.181. The summed E-state index contributed by atoms with van der Waals surface area (Å²) in [6.07, 6.45) is 6.45. The van der Waals surface area contributed by atoms with Crippen LogP contribution >= 0.6 is 0 Å². The number of likely N-dealkylation sites (tertiary alicyclic amines) is 1. The number of hydrogen-bond acceptors (Lipinski definition) is 3. The van der Waals surface area contributed by atoms with E-state index in [9.17, 15) is 4.39 Å². The number of hydrogen-bond donors (Lipinski definition) is 2. The van der Waals surface area contributed by atoms with E-state index >= 15 is 0 Å². The highest BCUT2D eigenvalue weighted by atomic mass is 19.1. The predicted octanol–water partition coefficient (Wildman–Crippen LogP) is 3.09. The van der Waals surface area contributed by atoms with Crippen molar-refractivity contribution in [3.8, 4) is 0 Å². The zero-order valence-corrected chi connectivity index (χ0v) is 16.6. The first kappa shape index (κ1) is 20.1. The molecule has 2 aliphatic rings. The molecule has 1 aliphatic heterocycles. The van der Waals surface area contributed by atoms with Crippen LogP contribution in [0.2, 0.25) is 0 Å². The molecule has 150 valence electrons. The highest BCUT2D eigenvalue weighted by molar-refractivity contribution is 5.80. The fraction of sp³-hybridized carbons (Fsp3) is 0.667. The summed E-state index contributed by atoms with van der Waals surface area (Å²) in [6, 6.07) is 7.67. The van der Waals surface area contributed by atoms with Crippen molar-refractivity contribution in [1.82, 2.24) is 15.5 Å². The Morgan fingerprint density at radius 2 is 2.00 bits per heavy atom. The molecule has 6 heteroatoms. The van der Waals surface area contributed by atoms with Crippen LogP contribution in [-0.4, -0.2) is 56.2 Å². The summed E-state index contributed by atoms with van der Waals surface area (Å²) >= 11 is 0. The number of rotatable bonds is 7. The normalized spacial score (nSPS) is 22.9. The van der Waals surface area contributed by atoms with Gasteiger partial charge in [-0.1, -0.05) is 25.0 Å². The first-order chi connectivity index (χ1) is 13.2. The predicted molar refractivity (Wildman–Crippen MR) is 107 cm³/mol. The molecule has 1 aromatic rings. The summed E-state index contributed by atoms with van der Waals surface area (Å²) in [5.74, 6) is 0.597. The molecule has 0 radical (unpaired) electrons. The number of methoxy groups -OCH3 is 1. The minimum Gasteiger partial charge on any atom is -0.375 e. The fourth-order valence-corrected chi connectivity index (χ4v) is 4.19. The summed E-state index contributed by atoms with van der Waals surface area (Å²) in [7, 11) is 1.67. The number of halogens is 1. The van der Waals surface area contributed by atoms with Gasteiger partial charge in [0.15, 0.2) is 5.96 Å². The molecule has 2 fully saturated rings. The van der Waals surface area contributed by atoms with Crippen LogP contribution in [0.4, 0.5) is 4.39 Å². The minimum atomic E-state index is -0.236. The van der Waals surface area contributed by atoms with Crippen LogP contribution in [0, 0.1) is 5.82 Å². The number of aliphatic imine (C=N–C) groups is 1. The smallest absolute Gasteiger partial charge is 0.191 e. The van der Waals surface area contributed by atoms with Crippen molar-refractivity contribution in [2.45, 2.75) is 57.2 Å². The van der Waals surface area contributed by atoms with Crippen molar-refractivity contribution in [3.63, 3.8) is 0 Å². The molecule has 1 saturated carbocycles. The van der Waals surface area contributed by atoms with Crippen LogP contribution in [-0.2, 0) is 4.74 Å². The van der Waals surface area contributed by atoms with Crippen molar-refractivity contribution in [3.05, 3.63) is 35.6 Å². The van der Waals surface area contributed by atoms with E-state index in [4.69, 9.17) is 9.73 Å². The average molecular weight is 377 g/mol. The van der Waals surface area contributed by atoms with Crippen molar-refractivity contribution in [2.75, 3.05) is 33.3 Å². The van der Waals surface area contributed by atoms with Gasteiger partial charge in [0.1, 0.15) is 11.9 Å². The Morgan fingerprint density at radius 3 is 2.67 bits per heavy atom. The zero-order chi connectivity index (χ0) is 19.1. The fourth-order valence-electron chi connectivity index (χ4n) is 4.19. The van der Waals surface area contributed by atoms with Crippen molar-refractivity contribution >= 4 is 5.96 Å². The second-order valence-corrected chi connectivity index (χ2v) is 7.56. The van der Waals surface area contributed by atoms with Gasteiger partial charge in [0.25, 0.3) is 0 Å². The lowest BCUT2D eigenvalue weighted by molar-refractivity contribution is 0.111. The standard InChI is InChI=1S/C21H33FN4O/c1-3-23-21(24-14-20(27-2)16-8-10-17(22)11-9-16)25-18-12-13-26(15-18)19-6-4-5-7-19/h8-11,18-20H,3-7,12-15H2,1-2H3,(H2,23,24,25). The van der Waals surface area contributed by atoms with Crippen molar-refractivity contribution in [2.24, 2.45) is 4.99 Å². The molecule has 1 heterocycles. The maximum absolute atomic E-state index is 13.1. The largest absolute Gasteiger partial charge is 0.375 e. The Bertz CT molecular complexity index is 601. The van der Waals surface area contributed by atoms with E-state index < -0.39 is 0 Å². The maximum Gasteiger partial charge on any atom is 0.191 e. The Hall–Kier alpha value is -1.66. The summed E-state index contributed by atoms with van der Waals surface area (Å²) in [5, 5.41) is 6.93. The lowest BCUT2D eigenvalue weighted by Gasteiger charge is -2.24. The zero-order valence-electron chi connectivity index (χ0n) is 16.6. The second kappa shape index (κ2) is 10.0. The van der Waals surface area contributed by atoms with Gasteiger partial charge in [-0.15, -0.1) is 0 Å². The summed E-state index contributed by atoms with van der Waals surface area (Å²) < 4.78 is 18.7.